The molecular weight excluding hydrogens is 278 g/mol. The van der Waals surface area contributed by atoms with E-state index in [1.54, 1.807) is 7.11 Å². The summed E-state index contributed by atoms with van der Waals surface area (Å²) < 4.78 is 6.18. The molecule has 0 heterocycles. The summed E-state index contributed by atoms with van der Waals surface area (Å²) in [5, 5.41) is 0. The number of unbranched alkanes of at least 4 members (excludes halogenated alkanes) is 1. The molecule has 1 rings (SSSR count). The summed E-state index contributed by atoms with van der Waals surface area (Å²) in [4.78, 5) is 0. The Hall–Kier alpha value is -0.380. The average Bonchev–Trinajstić information content (AvgIpc) is 2.35. The minimum atomic E-state index is 0.591. The number of ether oxygens (including phenoxy) is 1. The van der Waals surface area contributed by atoms with Crippen LogP contribution in [0.15, 0.2) is 28.7 Å². The summed E-state index contributed by atoms with van der Waals surface area (Å²) in [6.45, 7) is 1.62. The van der Waals surface area contributed by atoms with Crippen LogP contribution >= 0.6 is 15.9 Å². The fourth-order valence-corrected chi connectivity index (χ4v) is 2.20. The minimum absolute atomic E-state index is 0.591. The van der Waals surface area contributed by atoms with E-state index in [1.807, 2.05) is 0 Å². The van der Waals surface area contributed by atoms with Crippen LogP contribution in [0.4, 0.5) is 0 Å². The molecular formula is C14H22BrNO. The first-order chi connectivity index (χ1) is 8.26. The molecule has 0 aromatic heterocycles. The van der Waals surface area contributed by atoms with Gasteiger partial charge in [0.1, 0.15) is 0 Å². The molecule has 0 saturated heterocycles. The zero-order valence-corrected chi connectivity index (χ0v) is 12.1. The highest BCUT2D eigenvalue weighted by Crippen LogP contribution is 2.17. The van der Waals surface area contributed by atoms with E-state index < -0.39 is 0 Å². The Balaban J connectivity index is 2.33. The molecule has 1 atom stereocenters. The van der Waals surface area contributed by atoms with Crippen LogP contribution < -0.4 is 5.73 Å². The smallest absolute Gasteiger partial charge is 0.0462 e. The highest BCUT2D eigenvalue weighted by Gasteiger charge is 2.07. The molecule has 0 spiro atoms. The number of nitrogens with two attached hydrogens (primary N) is 1. The summed E-state index contributed by atoms with van der Waals surface area (Å²) >= 11 is 3.45. The molecule has 2 nitrogen and oxygen atoms in total. The summed E-state index contributed by atoms with van der Waals surface area (Å²) in [5.74, 6) is 0.591. The molecule has 17 heavy (non-hydrogen) atoms. The molecule has 0 bridgehead atoms. The van der Waals surface area contributed by atoms with Gasteiger partial charge in [-0.15, -0.1) is 0 Å². The van der Waals surface area contributed by atoms with E-state index in [-0.39, 0.29) is 0 Å². The average molecular weight is 300 g/mol. The summed E-state index contributed by atoms with van der Waals surface area (Å²) in [6.07, 6.45) is 4.60. The second-order valence-corrected chi connectivity index (χ2v) is 5.34. The molecule has 0 radical (unpaired) electrons. The number of rotatable bonds is 8. The standard InChI is InChI=1S/C14H22BrNO/c1-17-9-3-2-4-13(11-16)10-12-5-7-14(15)8-6-12/h5-8,13H,2-4,9-11,16H2,1H3. The van der Waals surface area contributed by atoms with Crippen molar-refractivity contribution in [1.29, 1.82) is 0 Å². The van der Waals surface area contributed by atoms with Crippen molar-refractivity contribution in [3.63, 3.8) is 0 Å². The fourth-order valence-electron chi connectivity index (χ4n) is 1.94. The van der Waals surface area contributed by atoms with Crippen LogP contribution in [0.3, 0.4) is 0 Å². The summed E-state index contributed by atoms with van der Waals surface area (Å²) in [5.41, 5.74) is 7.20. The number of halogens is 1. The first-order valence-electron chi connectivity index (χ1n) is 6.19. The first-order valence-corrected chi connectivity index (χ1v) is 6.99. The quantitative estimate of drug-likeness (QED) is 0.747. The lowest BCUT2D eigenvalue weighted by atomic mass is 9.94. The van der Waals surface area contributed by atoms with Crippen LogP contribution in [-0.4, -0.2) is 20.3 Å². The maximum absolute atomic E-state index is 5.82. The zero-order chi connectivity index (χ0) is 12.5. The van der Waals surface area contributed by atoms with Gasteiger partial charge in [-0.2, -0.15) is 0 Å². The van der Waals surface area contributed by atoms with Gasteiger partial charge >= 0.3 is 0 Å². The van der Waals surface area contributed by atoms with Crippen LogP contribution in [0.2, 0.25) is 0 Å². The van der Waals surface area contributed by atoms with Crippen LogP contribution in [0.25, 0.3) is 0 Å². The Labute approximate surface area is 113 Å². The normalized spacial score (nSPS) is 12.6. The number of methoxy groups -OCH3 is 1. The van der Waals surface area contributed by atoms with Gasteiger partial charge in [0.25, 0.3) is 0 Å². The topological polar surface area (TPSA) is 35.2 Å². The maximum atomic E-state index is 5.82. The minimum Gasteiger partial charge on any atom is -0.385 e. The van der Waals surface area contributed by atoms with Crippen LogP contribution in [0, 0.1) is 5.92 Å². The third-order valence-electron chi connectivity index (χ3n) is 2.98. The molecule has 1 aromatic carbocycles. The van der Waals surface area contributed by atoms with E-state index in [0.29, 0.717) is 5.92 Å². The van der Waals surface area contributed by atoms with Gasteiger partial charge in [-0.25, -0.2) is 0 Å². The predicted molar refractivity (Wildman–Crippen MR) is 76.1 cm³/mol. The number of hydrogen-bond donors (Lipinski definition) is 1. The van der Waals surface area contributed by atoms with E-state index in [9.17, 15) is 0 Å². The maximum Gasteiger partial charge on any atom is 0.0462 e. The molecule has 0 aliphatic rings. The van der Waals surface area contributed by atoms with Crippen LogP contribution in [-0.2, 0) is 11.2 Å². The van der Waals surface area contributed by atoms with Crippen molar-refractivity contribution in [1.82, 2.24) is 0 Å². The van der Waals surface area contributed by atoms with E-state index in [2.05, 4.69) is 40.2 Å². The first kappa shape index (κ1) is 14.7. The lowest BCUT2D eigenvalue weighted by molar-refractivity contribution is 0.190. The zero-order valence-electron chi connectivity index (χ0n) is 10.5. The van der Waals surface area contributed by atoms with Crippen molar-refractivity contribution in [2.75, 3.05) is 20.3 Å². The van der Waals surface area contributed by atoms with Crippen molar-refractivity contribution in [3.05, 3.63) is 34.3 Å². The Kier molecular flexibility index (Phi) is 7.49. The Morgan fingerprint density at radius 2 is 1.94 bits per heavy atom. The second kappa shape index (κ2) is 8.67. The van der Waals surface area contributed by atoms with Crippen LogP contribution in [0.1, 0.15) is 24.8 Å². The lowest BCUT2D eigenvalue weighted by Crippen LogP contribution is -2.17. The van der Waals surface area contributed by atoms with E-state index in [1.165, 1.54) is 18.4 Å². The molecule has 3 heteroatoms. The SMILES string of the molecule is COCCCCC(CN)Cc1ccc(Br)cc1. The van der Waals surface area contributed by atoms with Crippen molar-refractivity contribution >= 4 is 15.9 Å². The third-order valence-corrected chi connectivity index (χ3v) is 3.51. The van der Waals surface area contributed by atoms with Crippen molar-refractivity contribution in [2.24, 2.45) is 11.7 Å². The molecule has 0 aliphatic carbocycles. The molecule has 0 saturated carbocycles. The largest absolute Gasteiger partial charge is 0.385 e. The fraction of sp³-hybridized carbons (Fsp3) is 0.571. The molecule has 2 N–H and O–H groups in total. The van der Waals surface area contributed by atoms with Gasteiger partial charge in [-0.05, 0) is 49.4 Å². The second-order valence-electron chi connectivity index (χ2n) is 4.42. The number of benzene rings is 1. The van der Waals surface area contributed by atoms with E-state index in [0.717, 1.165) is 30.5 Å². The Morgan fingerprint density at radius 1 is 1.24 bits per heavy atom. The molecule has 0 fully saturated rings. The summed E-state index contributed by atoms with van der Waals surface area (Å²) in [6, 6.07) is 8.52. The van der Waals surface area contributed by atoms with Gasteiger partial charge in [-0.1, -0.05) is 34.5 Å². The Morgan fingerprint density at radius 3 is 2.53 bits per heavy atom. The molecule has 0 aliphatic heterocycles. The molecule has 96 valence electrons. The van der Waals surface area contributed by atoms with Crippen LogP contribution in [0.5, 0.6) is 0 Å². The van der Waals surface area contributed by atoms with Gasteiger partial charge in [0.2, 0.25) is 0 Å². The van der Waals surface area contributed by atoms with Gasteiger partial charge < -0.3 is 10.5 Å². The van der Waals surface area contributed by atoms with Crippen molar-refractivity contribution in [2.45, 2.75) is 25.7 Å². The van der Waals surface area contributed by atoms with Gasteiger partial charge in [0.05, 0.1) is 0 Å². The predicted octanol–water partition coefficient (Wildman–Crippen LogP) is 3.38. The highest BCUT2D eigenvalue weighted by molar-refractivity contribution is 9.10. The number of hydrogen-bond acceptors (Lipinski definition) is 2. The monoisotopic (exact) mass is 299 g/mol. The third kappa shape index (κ3) is 6.20. The van der Waals surface area contributed by atoms with Crippen molar-refractivity contribution in [3.8, 4) is 0 Å². The lowest BCUT2D eigenvalue weighted by Gasteiger charge is -2.14. The van der Waals surface area contributed by atoms with Gasteiger partial charge in [-0.3, -0.25) is 0 Å². The highest BCUT2D eigenvalue weighted by atomic mass is 79.9. The van der Waals surface area contributed by atoms with Gasteiger partial charge in [0, 0.05) is 18.2 Å². The van der Waals surface area contributed by atoms with Crippen molar-refractivity contribution < 1.29 is 4.74 Å². The molecule has 1 aromatic rings. The molecule has 0 amide bonds. The summed E-state index contributed by atoms with van der Waals surface area (Å²) in [7, 11) is 1.75. The van der Waals surface area contributed by atoms with E-state index >= 15 is 0 Å². The molecule has 1 unspecified atom stereocenters. The van der Waals surface area contributed by atoms with Gasteiger partial charge in [0.15, 0.2) is 0 Å². The van der Waals surface area contributed by atoms with E-state index in [4.69, 9.17) is 10.5 Å². The Bertz CT molecular complexity index is 300.